The van der Waals surface area contributed by atoms with Crippen molar-refractivity contribution >= 4 is 43.6 Å². The number of fused-ring (bicyclic) bond motifs is 6. The van der Waals surface area contributed by atoms with Gasteiger partial charge in [0.05, 0.1) is 50.6 Å². The molecule has 0 atom stereocenters. The van der Waals surface area contributed by atoms with E-state index in [1.165, 1.54) is 6.07 Å². The molecular formula is C52H34F3N3. The van der Waals surface area contributed by atoms with Gasteiger partial charge >= 0.3 is 6.18 Å². The van der Waals surface area contributed by atoms with Crippen LogP contribution in [0.1, 0.15) is 22.3 Å². The molecule has 3 nitrogen and oxygen atoms in total. The predicted octanol–water partition coefficient (Wildman–Crippen LogP) is 14.4. The second kappa shape index (κ2) is 13.4. The van der Waals surface area contributed by atoms with Gasteiger partial charge in [-0.25, -0.2) is 0 Å². The van der Waals surface area contributed by atoms with Crippen LogP contribution in [0.15, 0.2) is 170 Å². The van der Waals surface area contributed by atoms with Crippen LogP contribution in [0, 0.1) is 25.2 Å². The molecule has 6 heteroatoms. The van der Waals surface area contributed by atoms with Crippen LogP contribution in [0.3, 0.4) is 0 Å². The van der Waals surface area contributed by atoms with Gasteiger partial charge in [0.25, 0.3) is 0 Å². The van der Waals surface area contributed by atoms with Gasteiger partial charge in [0.15, 0.2) is 0 Å². The largest absolute Gasteiger partial charge is 0.416 e. The van der Waals surface area contributed by atoms with Crippen LogP contribution in [0.5, 0.6) is 0 Å². The molecule has 8 aromatic carbocycles. The van der Waals surface area contributed by atoms with Crippen molar-refractivity contribution in [3.8, 4) is 50.8 Å². The van der Waals surface area contributed by atoms with E-state index in [1.54, 1.807) is 18.2 Å². The lowest BCUT2D eigenvalue weighted by atomic mass is 9.94. The van der Waals surface area contributed by atoms with Gasteiger partial charge in [-0.1, -0.05) is 114 Å². The van der Waals surface area contributed by atoms with Gasteiger partial charge < -0.3 is 9.13 Å². The van der Waals surface area contributed by atoms with E-state index in [0.29, 0.717) is 22.5 Å². The van der Waals surface area contributed by atoms with Gasteiger partial charge in [0.2, 0.25) is 0 Å². The number of nitriles is 1. The van der Waals surface area contributed by atoms with E-state index in [0.717, 1.165) is 83.1 Å². The number of alkyl halides is 3. The summed E-state index contributed by atoms with van der Waals surface area (Å²) < 4.78 is 48.5. The Kier molecular flexibility index (Phi) is 8.10. The highest BCUT2D eigenvalue weighted by Crippen LogP contribution is 2.45. The summed E-state index contributed by atoms with van der Waals surface area (Å²) in [6.07, 6.45) is -4.63. The first-order chi connectivity index (χ1) is 28.2. The minimum atomic E-state index is -4.63. The van der Waals surface area contributed by atoms with Crippen molar-refractivity contribution in [2.24, 2.45) is 0 Å². The molecule has 0 amide bonds. The van der Waals surface area contributed by atoms with Crippen LogP contribution in [-0.4, -0.2) is 9.13 Å². The molecule has 0 spiro atoms. The molecule has 58 heavy (non-hydrogen) atoms. The van der Waals surface area contributed by atoms with Crippen LogP contribution in [-0.2, 0) is 6.18 Å². The molecule has 2 heterocycles. The predicted molar refractivity (Wildman–Crippen MR) is 231 cm³/mol. The SMILES string of the molecule is Cc1cccc(-c2ccc3c(c2)c2ccccc2n3-c2ccc(C(F)(F)F)cc2-c2c(C#N)cccc2-n2c3ccccc3c3cc(-c4cccc(C)c4)ccc32)c1. The number of aryl methyl sites for hydroxylation is 2. The highest BCUT2D eigenvalue weighted by atomic mass is 19.4. The summed E-state index contributed by atoms with van der Waals surface area (Å²) in [5.74, 6) is 0. The number of para-hydroxylation sites is 2. The minimum Gasteiger partial charge on any atom is -0.309 e. The maximum absolute atomic E-state index is 14.8. The van der Waals surface area contributed by atoms with Crippen LogP contribution in [0.4, 0.5) is 13.2 Å². The molecular weight excluding hydrogens is 724 g/mol. The number of aromatic nitrogens is 2. The summed E-state index contributed by atoms with van der Waals surface area (Å²) in [4.78, 5) is 0. The molecule has 0 saturated heterocycles. The molecule has 0 unspecified atom stereocenters. The normalized spacial score (nSPS) is 11.9. The zero-order valence-corrected chi connectivity index (χ0v) is 31.6. The lowest BCUT2D eigenvalue weighted by Gasteiger charge is -2.21. The first kappa shape index (κ1) is 35.1. The van der Waals surface area contributed by atoms with Gasteiger partial charge in [0.1, 0.15) is 0 Å². The Morgan fingerprint density at radius 3 is 1.48 bits per heavy atom. The summed E-state index contributed by atoms with van der Waals surface area (Å²) in [7, 11) is 0. The molecule has 0 N–H and O–H groups in total. The van der Waals surface area contributed by atoms with Crippen molar-refractivity contribution in [2.75, 3.05) is 0 Å². The number of hydrogen-bond donors (Lipinski definition) is 0. The standard InChI is InChI=1S/C52H34F3N3/c1-32-10-7-12-34(26-32)36-20-23-47-42(28-36)40-15-3-5-17-45(40)57(47)49-25-22-39(52(53,54)55)30-44(49)51-38(31-56)14-9-19-50(51)58-46-18-6-4-16-41(46)43-29-37(21-24-48(43)58)35-13-8-11-33(2)27-35/h3-30H,1-2H3. The molecule has 0 aliphatic heterocycles. The zero-order valence-electron chi connectivity index (χ0n) is 31.6. The number of nitrogens with zero attached hydrogens (tertiary/aromatic N) is 3. The van der Waals surface area contributed by atoms with E-state index in [4.69, 9.17) is 0 Å². The number of rotatable bonds is 5. The molecule has 0 aliphatic rings. The Morgan fingerprint density at radius 1 is 0.448 bits per heavy atom. The molecule has 10 aromatic rings. The highest BCUT2D eigenvalue weighted by molar-refractivity contribution is 6.13. The highest BCUT2D eigenvalue weighted by Gasteiger charge is 2.33. The molecule has 2 aromatic heterocycles. The molecule has 0 fully saturated rings. The van der Waals surface area contributed by atoms with Gasteiger partial charge in [-0.2, -0.15) is 18.4 Å². The fraction of sp³-hybridized carbons (Fsp3) is 0.0577. The van der Waals surface area contributed by atoms with E-state index in [1.807, 2.05) is 65.2 Å². The molecule has 0 radical (unpaired) electrons. The topological polar surface area (TPSA) is 33.6 Å². The van der Waals surface area contributed by atoms with Crippen LogP contribution < -0.4 is 0 Å². The third-order valence-corrected chi connectivity index (χ3v) is 11.3. The smallest absolute Gasteiger partial charge is 0.309 e. The van der Waals surface area contributed by atoms with Gasteiger partial charge in [-0.3, -0.25) is 0 Å². The van der Waals surface area contributed by atoms with Crippen LogP contribution >= 0.6 is 0 Å². The quantitative estimate of drug-likeness (QED) is 0.172. The average Bonchev–Trinajstić information content (AvgIpc) is 3.75. The second-order valence-corrected chi connectivity index (χ2v) is 14.9. The average molecular weight is 758 g/mol. The Labute approximate surface area is 333 Å². The van der Waals surface area contributed by atoms with Crippen molar-refractivity contribution in [1.82, 2.24) is 9.13 Å². The van der Waals surface area contributed by atoms with E-state index < -0.39 is 11.7 Å². The van der Waals surface area contributed by atoms with Gasteiger partial charge in [-0.05, 0) is 103 Å². The van der Waals surface area contributed by atoms with E-state index in [2.05, 4.69) is 103 Å². The summed E-state index contributed by atoms with van der Waals surface area (Å²) in [5.41, 5.74) is 11.4. The third kappa shape index (κ3) is 5.66. The van der Waals surface area contributed by atoms with Gasteiger partial charge in [-0.15, -0.1) is 0 Å². The van der Waals surface area contributed by atoms with Crippen molar-refractivity contribution < 1.29 is 13.2 Å². The fourth-order valence-corrected chi connectivity index (χ4v) is 8.68. The number of halogens is 3. The second-order valence-electron chi connectivity index (χ2n) is 14.9. The van der Waals surface area contributed by atoms with E-state index in [-0.39, 0.29) is 5.56 Å². The van der Waals surface area contributed by atoms with Crippen molar-refractivity contribution in [3.63, 3.8) is 0 Å². The van der Waals surface area contributed by atoms with Crippen molar-refractivity contribution in [1.29, 1.82) is 5.26 Å². The summed E-state index contributed by atoms with van der Waals surface area (Å²) in [5, 5.41) is 14.7. The monoisotopic (exact) mass is 757 g/mol. The van der Waals surface area contributed by atoms with Crippen LogP contribution in [0.25, 0.3) is 88.4 Å². The van der Waals surface area contributed by atoms with E-state index in [9.17, 15) is 18.4 Å². The Balaban J connectivity index is 1.28. The third-order valence-electron chi connectivity index (χ3n) is 11.3. The Morgan fingerprint density at radius 2 is 0.948 bits per heavy atom. The summed E-state index contributed by atoms with van der Waals surface area (Å²) >= 11 is 0. The molecule has 10 rings (SSSR count). The Bertz CT molecular complexity index is 3320. The molecule has 0 bridgehead atoms. The lowest BCUT2D eigenvalue weighted by molar-refractivity contribution is -0.137. The summed E-state index contributed by atoms with van der Waals surface area (Å²) in [6, 6.07) is 57.0. The molecule has 278 valence electrons. The maximum atomic E-state index is 14.8. The first-order valence-electron chi connectivity index (χ1n) is 19.1. The fourth-order valence-electron chi connectivity index (χ4n) is 8.68. The number of hydrogen-bond acceptors (Lipinski definition) is 1. The molecule has 0 saturated carbocycles. The maximum Gasteiger partial charge on any atom is 0.416 e. The van der Waals surface area contributed by atoms with Crippen molar-refractivity contribution in [3.05, 3.63) is 192 Å². The van der Waals surface area contributed by atoms with Crippen LogP contribution in [0.2, 0.25) is 0 Å². The van der Waals surface area contributed by atoms with Crippen molar-refractivity contribution in [2.45, 2.75) is 20.0 Å². The van der Waals surface area contributed by atoms with Gasteiger partial charge in [0, 0.05) is 32.7 Å². The number of benzene rings is 8. The Hall–Kier alpha value is -7.36. The first-order valence-corrected chi connectivity index (χ1v) is 19.1. The summed E-state index contributed by atoms with van der Waals surface area (Å²) in [6.45, 7) is 4.14. The lowest BCUT2D eigenvalue weighted by Crippen LogP contribution is -2.08. The minimum absolute atomic E-state index is 0.267. The molecule has 0 aliphatic carbocycles. The van der Waals surface area contributed by atoms with E-state index >= 15 is 0 Å². The zero-order chi connectivity index (χ0) is 39.7.